The molecule has 1 unspecified atom stereocenters. The van der Waals surface area contributed by atoms with Gasteiger partial charge in [0.05, 0.1) is 47.0 Å². The van der Waals surface area contributed by atoms with E-state index in [1.807, 2.05) is 38.1 Å². The van der Waals surface area contributed by atoms with Crippen molar-refractivity contribution in [3.8, 4) is 5.75 Å². The van der Waals surface area contributed by atoms with Crippen LogP contribution in [-0.4, -0.2) is 77.6 Å². The van der Waals surface area contributed by atoms with Gasteiger partial charge in [0.1, 0.15) is 5.75 Å². The number of benzene rings is 1. The van der Waals surface area contributed by atoms with E-state index in [1.165, 1.54) is 11.3 Å². The third-order valence-corrected chi connectivity index (χ3v) is 7.35. The molecule has 3 heterocycles. The molecular formula is C26H33N3O5S. The molecule has 8 nitrogen and oxygen atoms in total. The molecule has 1 N–H and O–H groups in total. The summed E-state index contributed by atoms with van der Waals surface area (Å²) in [4.78, 5) is 35.7. The van der Waals surface area contributed by atoms with Crippen molar-refractivity contribution in [3.63, 3.8) is 0 Å². The summed E-state index contributed by atoms with van der Waals surface area (Å²) < 4.78 is 11.2. The molecule has 1 aromatic heterocycles. The zero-order valence-corrected chi connectivity index (χ0v) is 21.4. The Labute approximate surface area is 210 Å². The van der Waals surface area contributed by atoms with E-state index in [0.717, 1.165) is 43.0 Å². The minimum atomic E-state index is -0.688. The summed E-state index contributed by atoms with van der Waals surface area (Å²) in [7, 11) is 0. The minimum absolute atomic E-state index is 0.112. The number of aliphatic hydroxyl groups is 1. The van der Waals surface area contributed by atoms with Crippen molar-refractivity contribution >= 4 is 23.0 Å². The number of aliphatic hydroxyl groups excluding tert-OH is 1. The number of carbonyl (C=O) groups excluding carboxylic acids is 2. The van der Waals surface area contributed by atoms with Crippen LogP contribution >= 0.6 is 11.3 Å². The molecule has 1 amide bonds. The van der Waals surface area contributed by atoms with Gasteiger partial charge in [-0.25, -0.2) is 4.98 Å². The number of nitrogens with zero attached hydrogens (tertiary/aromatic N) is 3. The molecule has 0 saturated carbocycles. The Morgan fingerprint density at radius 2 is 2.03 bits per heavy atom. The van der Waals surface area contributed by atoms with Gasteiger partial charge in [-0.15, -0.1) is 11.3 Å². The number of Topliss-reactive ketones (excluding diaryl/α,β-unsaturated/α-hetero) is 1. The average Bonchev–Trinajstić information content (AvgIpc) is 3.33. The SMILES string of the molecule is CCCOc1cccc(C2C(C(=O)c3sc(C)nc3C)=C(O)C(=O)N2CCCN2CCOCC2)c1. The topological polar surface area (TPSA) is 92.2 Å². The number of morpholine rings is 1. The second kappa shape index (κ2) is 11.3. The van der Waals surface area contributed by atoms with Crippen molar-refractivity contribution in [1.82, 2.24) is 14.8 Å². The van der Waals surface area contributed by atoms with Gasteiger partial charge in [0.25, 0.3) is 5.91 Å². The molecule has 0 spiro atoms. The Balaban J connectivity index is 1.65. The Morgan fingerprint density at radius 3 is 2.71 bits per heavy atom. The van der Waals surface area contributed by atoms with Gasteiger partial charge in [-0.05, 0) is 44.4 Å². The van der Waals surface area contributed by atoms with E-state index in [2.05, 4.69) is 9.88 Å². The fraction of sp³-hybridized carbons (Fsp3) is 0.500. The lowest BCUT2D eigenvalue weighted by atomic mass is 9.95. The summed E-state index contributed by atoms with van der Waals surface area (Å²) in [6.07, 6.45) is 1.59. The summed E-state index contributed by atoms with van der Waals surface area (Å²) in [6, 6.07) is 6.77. The van der Waals surface area contributed by atoms with Gasteiger partial charge in [0.2, 0.25) is 5.78 Å². The average molecular weight is 500 g/mol. The zero-order valence-electron chi connectivity index (χ0n) is 20.6. The molecule has 188 valence electrons. The first kappa shape index (κ1) is 25.3. The van der Waals surface area contributed by atoms with Gasteiger partial charge < -0.3 is 19.5 Å². The summed E-state index contributed by atoms with van der Waals surface area (Å²) >= 11 is 1.28. The number of carbonyl (C=O) groups is 2. The number of hydrogen-bond acceptors (Lipinski definition) is 8. The number of rotatable bonds is 10. The lowest BCUT2D eigenvalue weighted by Gasteiger charge is -2.30. The van der Waals surface area contributed by atoms with Crippen LogP contribution in [-0.2, 0) is 9.53 Å². The lowest BCUT2D eigenvalue weighted by Crippen LogP contribution is -2.39. The van der Waals surface area contributed by atoms with Crippen molar-refractivity contribution in [1.29, 1.82) is 0 Å². The summed E-state index contributed by atoms with van der Waals surface area (Å²) in [6.45, 7) is 10.6. The van der Waals surface area contributed by atoms with Crippen LogP contribution in [0.5, 0.6) is 5.75 Å². The predicted octanol–water partition coefficient (Wildman–Crippen LogP) is 3.85. The van der Waals surface area contributed by atoms with Gasteiger partial charge in [0.15, 0.2) is 5.76 Å². The van der Waals surface area contributed by atoms with Crippen LogP contribution < -0.4 is 4.74 Å². The van der Waals surface area contributed by atoms with E-state index in [0.29, 0.717) is 42.7 Å². The molecule has 0 radical (unpaired) electrons. The fourth-order valence-electron chi connectivity index (χ4n) is 4.61. The van der Waals surface area contributed by atoms with Gasteiger partial charge in [-0.2, -0.15) is 0 Å². The minimum Gasteiger partial charge on any atom is -0.503 e. The largest absolute Gasteiger partial charge is 0.503 e. The summed E-state index contributed by atoms with van der Waals surface area (Å²) in [5.41, 5.74) is 1.46. The first-order valence-corrected chi connectivity index (χ1v) is 13.0. The molecule has 35 heavy (non-hydrogen) atoms. The van der Waals surface area contributed by atoms with Crippen molar-refractivity contribution in [2.75, 3.05) is 46.0 Å². The van der Waals surface area contributed by atoms with Gasteiger partial charge in [0, 0.05) is 26.2 Å². The summed E-state index contributed by atoms with van der Waals surface area (Å²) in [5, 5.41) is 11.7. The standard InChI is InChI=1S/C26H33N3O5S/c1-4-13-34-20-8-5-7-19(16-20)22-21(23(30)25-17(2)27-18(3)35-25)24(31)26(32)29(22)10-6-9-28-11-14-33-15-12-28/h5,7-8,16,22,31H,4,6,9-15H2,1-3H3. The van der Waals surface area contributed by atoms with Crippen LogP contribution in [0.1, 0.15) is 51.7 Å². The molecule has 9 heteroatoms. The Morgan fingerprint density at radius 1 is 1.26 bits per heavy atom. The van der Waals surface area contributed by atoms with Crippen molar-refractivity contribution in [3.05, 3.63) is 56.7 Å². The van der Waals surface area contributed by atoms with Crippen LogP contribution in [0.15, 0.2) is 35.6 Å². The molecule has 4 rings (SSSR count). The maximum atomic E-state index is 13.7. The Bertz CT molecular complexity index is 1110. The molecular weight excluding hydrogens is 466 g/mol. The first-order valence-electron chi connectivity index (χ1n) is 12.2. The molecule has 1 fully saturated rings. The number of aromatic nitrogens is 1. The number of ketones is 1. The highest BCUT2D eigenvalue weighted by Gasteiger charge is 2.44. The second-order valence-electron chi connectivity index (χ2n) is 8.87. The van der Waals surface area contributed by atoms with Crippen molar-refractivity contribution < 1.29 is 24.2 Å². The van der Waals surface area contributed by atoms with Crippen LogP contribution in [0.2, 0.25) is 0 Å². The highest BCUT2D eigenvalue weighted by molar-refractivity contribution is 7.14. The first-order chi connectivity index (χ1) is 16.9. The van der Waals surface area contributed by atoms with E-state index in [9.17, 15) is 14.7 Å². The fourth-order valence-corrected chi connectivity index (χ4v) is 5.48. The third-order valence-electron chi connectivity index (χ3n) is 6.28. The number of aryl methyl sites for hydroxylation is 2. The van der Waals surface area contributed by atoms with Gasteiger partial charge in [-0.3, -0.25) is 14.5 Å². The molecule has 2 aliphatic heterocycles. The normalized spacial score (nSPS) is 19.0. The van der Waals surface area contributed by atoms with Crippen LogP contribution in [0.3, 0.4) is 0 Å². The van der Waals surface area contributed by atoms with E-state index >= 15 is 0 Å². The van der Waals surface area contributed by atoms with Gasteiger partial charge >= 0.3 is 0 Å². The smallest absolute Gasteiger partial charge is 0.290 e. The highest BCUT2D eigenvalue weighted by Crippen LogP contribution is 2.41. The van der Waals surface area contributed by atoms with E-state index in [4.69, 9.17) is 9.47 Å². The number of amides is 1. The predicted molar refractivity (Wildman–Crippen MR) is 134 cm³/mol. The number of ether oxygens (including phenoxy) is 2. The maximum Gasteiger partial charge on any atom is 0.290 e. The van der Waals surface area contributed by atoms with Crippen LogP contribution in [0, 0.1) is 13.8 Å². The monoisotopic (exact) mass is 499 g/mol. The molecule has 1 atom stereocenters. The van der Waals surface area contributed by atoms with Crippen molar-refractivity contribution in [2.24, 2.45) is 0 Å². The summed E-state index contributed by atoms with van der Waals surface area (Å²) in [5.74, 6) is -0.664. The molecule has 1 saturated heterocycles. The highest BCUT2D eigenvalue weighted by atomic mass is 32.1. The van der Waals surface area contributed by atoms with E-state index in [1.54, 1.807) is 11.8 Å². The third kappa shape index (κ3) is 5.58. The maximum absolute atomic E-state index is 13.7. The quantitative estimate of drug-likeness (QED) is 0.497. The molecule has 1 aromatic carbocycles. The Kier molecular flexibility index (Phi) is 8.20. The second-order valence-corrected chi connectivity index (χ2v) is 10.1. The van der Waals surface area contributed by atoms with Crippen LogP contribution in [0.25, 0.3) is 0 Å². The van der Waals surface area contributed by atoms with E-state index < -0.39 is 17.7 Å². The van der Waals surface area contributed by atoms with Gasteiger partial charge in [-0.1, -0.05) is 19.1 Å². The lowest BCUT2D eigenvalue weighted by molar-refractivity contribution is -0.129. The Hall–Kier alpha value is -2.75. The van der Waals surface area contributed by atoms with Crippen molar-refractivity contribution in [2.45, 2.75) is 39.7 Å². The zero-order chi connectivity index (χ0) is 24.9. The number of thiazole rings is 1. The molecule has 0 bridgehead atoms. The number of hydrogen-bond donors (Lipinski definition) is 1. The molecule has 0 aliphatic carbocycles. The molecule has 2 aliphatic rings. The van der Waals surface area contributed by atoms with Crippen LogP contribution in [0.4, 0.5) is 0 Å². The van der Waals surface area contributed by atoms with E-state index in [-0.39, 0.29) is 11.4 Å². The molecule has 2 aromatic rings.